The fourth-order valence-electron chi connectivity index (χ4n) is 2.70. The third-order valence-corrected chi connectivity index (χ3v) is 3.78. The Bertz CT molecular complexity index is 410. The van der Waals surface area contributed by atoms with Crippen LogP contribution in [0.4, 0.5) is 4.79 Å². The van der Waals surface area contributed by atoms with Gasteiger partial charge in [-0.25, -0.2) is 4.79 Å². The first-order valence-corrected chi connectivity index (χ1v) is 6.41. The lowest BCUT2D eigenvalue weighted by Gasteiger charge is -2.23. The number of likely N-dealkylation sites (tertiary alicyclic amines) is 1. The second-order valence-corrected chi connectivity index (χ2v) is 5.52. The van der Waals surface area contributed by atoms with Crippen LogP contribution in [0.1, 0.15) is 6.92 Å². The van der Waals surface area contributed by atoms with E-state index in [9.17, 15) is 14.4 Å². The molecule has 7 heteroatoms. The maximum atomic E-state index is 12.1. The van der Waals surface area contributed by atoms with Crippen LogP contribution in [0, 0.1) is 5.92 Å². The first kappa shape index (κ1) is 13.8. The van der Waals surface area contributed by atoms with E-state index >= 15 is 0 Å². The molecular formula is C12H20N4O3. The van der Waals surface area contributed by atoms with Gasteiger partial charge in [0.05, 0.1) is 0 Å². The van der Waals surface area contributed by atoms with Crippen LogP contribution < -0.4 is 5.32 Å². The van der Waals surface area contributed by atoms with Crippen LogP contribution in [-0.4, -0.2) is 78.9 Å². The molecule has 2 fully saturated rings. The van der Waals surface area contributed by atoms with Crippen molar-refractivity contribution in [3.05, 3.63) is 0 Å². The number of nitrogens with one attached hydrogen (secondary N) is 1. The predicted octanol–water partition coefficient (Wildman–Crippen LogP) is -1.05. The summed E-state index contributed by atoms with van der Waals surface area (Å²) in [4.78, 5) is 39.7. The summed E-state index contributed by atoms with van der Waals surface area (Å²) in [6.45, 7) is 3.45. The maximum Gasteiger partial charge on any atom is 0.325 e. The lowest BCUT2D eigenvalue weighted by Crippen LogP contribution is -2.42. The zero-order valence-electron chi connectivity index (χ0n) is 11.5. The molecule has 1 N–H and O–H groups in total. The lowest BCUT2D eigenvalue weighted by molar-refractivity contribution is -0.131. The minimum atomic E-state index is -0.477. The van der Waals surface area contributed by atoms with E-state index in [0.29, 0.717) is 25.0 Å². The molecule has 0 aromatic heterocycles. The Balaban J connectivity index is 1.91. The van der Waals surface area contributed by atoms with E-state index in [-0.39, 0.29) is 24.9 Å². The molecule has 0 bridgehead atoms. The molecule has 2 atom stereocenters. The number of hydrogen-bond donors (Lipinski definition) is 1. The Hall–Kier alpha value is -1.63. The minimum Gasteiger partial charge on any atom is -0.339 e. The van der Waals surface area contributed by atoms with E-state index in [1.165, 1.54) is 4.90 Å². The fourth-order valence-corrected chi connectivity index (χ4v) is 2.70. The number of nitrogens with zero attached hydrogens (tertiary/aromatic N) is 3. The van der Waals surface area contributed by atoms with Crippen LogP contribution in [0.15, 0.2) is 0 Å². The Labute approximate surface area is 112 Å². The molecule has 2 heterocycles. The lowest BCUT2D eigenvalue weighted by atomic mass is 10.1. The highest BCUT2D eigenvalue weighted by Crippen LogP contribution is 2.20. The maximum absolute atomic E-state index is 12.1. The topological polar surface area (TPSA) is 73.0 Å². The summed E-state index contributed by atoms with van der Waals surface area (Å²) >= 11 is 0. The molecule has 2 aliphatic heterocycles. The first-order valence-electron chi connectivity index (χ1n) is 6.41. The molecule has 106 valence electrons. The molecule has 0 spiro atoms. The SMILES string of the molecule is CC1CN(C(=O)CN2CC(=O)NC2=O)CC1N(C)C. The average molecular weight is 268 g/mol. The highest BCUT2D eigenvalue weighted by atomic mass is 16.2. The largest absolute Gasteiger partial charge is 0.339 e. The molecular weight excluding hydrogens is 248 g/mol. The summed E-state index contributed by atoms with van der Waals surface area (Å²) in [5.41, 5.74) is 0. The van der Waals surface area contributed by atoms with Gasteiger partial charge in [0.15, 0.2) is 0 Å². The molecule has 0 saturated carbocycles. The van der Waals surface area contributed by atoms with E-state index in [1.54, 1.807) is 4.90 Å². The van der Waals surface area contributed by atoms with Gasteiger partial charge in [-0.3, -0.25) is 14.9 Å². The van der Waals surface area contributed by atoms with E-state index in [4.69, 9.17) is 0 Å². The standard InChI is InChI=1S/C12H20N4O3/c1-8-4-15(5-9(8)14(2)3)11(18)7-16-6-10(17)13-12(16)19/h8-9H,4-7H2,1-3H3,(H,13,17,19). The number of carbonyl (C=O) groups excluding carboxylic acids is 3. The van der Waals surface area contributed by atoms with Gasteiger partial charge in [0.25, 0.3) is 0 Å². The molecule has 7 nitrogen and oxygen atoms in total. The normalized spacial score (nSPS) is 27.4. The van der Waals surface area contributed by atoms with E-state index in [0.717, 1.165) is 0 Å². The third kappa shape index (κ3) is 2.86. The number of rotatable bonds is 3. The summed E-state index contributed by atoms with van der Waals surface area (Å²) < 4.78 is 0. The van der Waals surface area contributed by atoms with Gasteiger partial charge in [0.2, 0.25) is 11.8 Å². The van der Waals surface area contributed by atoms with Crippen molar-refractivity contribution in [3.63, 3.8) is 0 Å². The monoisotopic (exact) mass is 268 g/mol. The van der Waals surface area contributed by atoms with E-state index < -0.39 is 6.03 Å². The van der Waals surface area contributed by atoms with Gasteiger partial charge in [-0.15, -0.1) is 0 Å². The molecule has 0 aromatic rings. The Morgan fingerprint density at radius 3 is 2.53 bits per heavy atom. The Kier molecular flexibility index (Phi) is 3.75. The van der Waals surface area contributed by atoms with Crippen molar-refractivity contribution in [1.29, 1.82) is 0 Å². The Morgan fingerprint density at radius 1 is 1.37 bits per heavy atom. The molecule has 0 aromatic carbocycles. The predicted molar refractivity (Wildman–Crippen MR) is 68.3 cm³/mol. The van der Waals surface area contributed by atoms with E-state index in [1.807, 2.05) is 14.1 Å². The number of hydrogen-bond acceptors (Lipinski definition) is 4. The number of amides is 4. The van der Waals surface area contributed by atoms with Crippen LogP contribution in [0.2, 0.25) is 0 Å². The van der Waals surface area contributed by atoms with Crippen LogP contribution in [0.25, 0.3) is 0 Å². The molecule has 2 rings (SSSR count). The molecule has 19 heavy (non-hydrogen) atoms. The summed E-state index contributed by atoms with van der Waals surface area (Å²) in [5.74, 6) is -0.0344. The number of urea groups is 1. The summed E-state index contributed by atoms with van der Waals surface area (Å²) in [5, 5.41) is 2.17. The van der Waals surface area contributed by atoms with Crippen molar-refractivity contribution in [2.24, 2.45) is 5.92 Å². The van der Waals surface area contributed by atoms with Gasteiger partial charge >= 0.3 is 6.03 Å². The quantitative estimate of drug-likeness (QED) is 0.663. The summed E-state index contributed by atoms with van der Waals surface area (Å²) in [7, 11) is 4.00. The Morgan fingerprint density at radius 2 is 2.05 bits per heavy atom. The van der Waals surface area contributed by atoms with Crippen LogP contribution >= 0.6 is 0 Å². The van der Waals surface area contributed by atoms with E-state index in [2.05, 4.69) is 17.1 Å². The van der Waals surface area contributed by atoms with Crippen LogP contribution in [0.3, 0.4) is 0 Å². The van der Waals surface area contributed by atoms with Gasteiger partial charge in [-0.1, -0.05) is 6.92 Å². The van der Waals surface area contributed by atoms with Crippen molar-refractivity contribution in [2.45, 2.75) is 13.0 Å². The van der Waals surface area contributed by atoms with Crippen molar-refractivity contribution >= 4 is 17.8 Å². The second kappa shape index (κ2) is 5.16. The molecule has 2 aliphatic rings. The van der Waals surface area contributed by atoms with Crippen molar-refractivity contribution in [2.75, 3.05) is 40.3 Å². The molecule has 0 aliphatic carbocycles. The third-order valence-electron chi connectivity index (χ3n) is 3.78. The molecule has 2 unspecified atom stereocenters. The highest BCUT2D eigenvalue weighted by molar-refractivity contribution is 6.03. The number of imide groups is 1. The number of carbonyl (C=O) groups is 3. The van der Waals surface area contributed by atoms with Gasteiger partial charge in [0, 0.05) is 19.1 Å². The van der Waals surface area contributed by atoms with Crippen molar-refractivity contribution in [1.82, 2.24) is 20.0 Å². The van der Waals surface area contributed by atoms with Gasteiger partial charge in [0.1, 0.15) is 13.1 Å². The summed E-state index contributed by atoms with van der Waals surface area (Å²) in [6.07, 6.45) is 0. The fraction of sp³-hybridized carbons (Fsp3) is 0.750. The first-order chi connectivity index (χ1) is 8.88. The van der Waals surface area contributed by atoms with Crippen LogP contribution in [0.5, 0.6) is 0 Å². The van der Waals surface area contributed by atoms with Gasteiger partial charge in [-0.2, -0.15) is 0 Å². The highest BCUT2D eigenvalue weighted by Gasteiger charge is 2.36. The molecule has 2 saturated heterocycles. The van der Waals surface area contributed by atoms with Crippen LogP contribution in [-0.2, 0) is 9.59 Å². The van der Waals surface area contributed by atoms with Crippen molar-refractivity contribution in [3.8, 4) is 0 Å². The summed E-state index contributed by atoms with van der Waals surface area (Å²) in [6, 6.07) is -0.132. The second-order valence-electron chi connectivity index (χ2n) is 5.52. The average Bonchev–Trinajstić information content (AvgIpc) is 2.83. The molecule has 4 amide bonds. The zero-order valence-corrected chi connectivity index (χ0v) is 11.5. The van der Waals surface area contributed by atoms with Crippen molar-refractivity contribution < 1.29 is 14.4 Å². The number of likely N-dealkylation sites (N-methyl/N-ethyl adjacent to an activating group) is 1. The van der Waals surface area contributed by atoms with Gasteiger partial charge in [-0.05, 0) is 20.0 Å². The van der Waals surface area contributed by atoms with Gasteiger partial charge < -0.3 is 14.7 Å². The smallest absolute Gasteiger partial charge is 0.325 e. The zero-order chi connectivity index (χ0) is 14.2. The minimum absolute atomic E-state index is 0.0227. The molecule has 0 radical (unpaired) electrons.